The van der Waals surface area contributed by atoms with Gasteiger partial charge in [0.05, 0.1) is 17.0 Å². The molecule has 0 aromatic heterocycles. The molecule has 34 heavy (non-hydrogen) atoms. The third-order valence-electron chi connectivity index (χ3n) is 5.15. The first kappa shape index (κ1) is 28.0. The van der Waals surface area contributed by atoms with Gasteiger partial charge in [-0.15, -0.1) is 0 Å². The number of nitrogens with one attached hydrogen (secondary N) is 1. The van der Waals surface area contributed by atoms with E-state index in [-0.39, 0.29) is 29.2 Å². The van der Waals surface area contributed by atoms with Gasteiger partial charge in [-0.3, -0.25) is 13.9 Å². The topological polar surface area (TPSA) is 86.8 Å². The summed E-state index contributed by atoms with van der Waals surface area (Å²) in [6.45, 7) is 7.07. The minimum absolute atomic E-state index is 0.0976. The van der Waals surface area contributed by atoms with Gasteiger partial charge in [0.1, 0.15) is 12.6 Å². The number of benzene rings is 2. The third kappa shape index (κ3) is 7.61. The first-order valence-electron chi connectivity index (χ1n) is 10.9. The van der Waals surface area contributed by atoms with Crippen molar-refractivity contribution < 1.29 is 18.0 Å². The molecule has 0 fully saturated rings. The molecule has 186 valence electrons. The second-order valence-corrected chi connectivity index (χ2v) is 11.2. The fourth-order valence-corrected chi connectivity index (χ4v) is 4.89. The molecular weight excluding hydrogens is 497 g/mol. The molecule has 0 saturated heterocycles. The number of carbonyl (C=O) groups is 2. The normalized spacial score (nSPS) is 12.4. The summed E-state index contributed by atoms with van der Waals surface area (Å²) in [5.41, 5.74) is 2.02. The van der Waals surface area contributed by atoms with Crippen LogP contribution in [0.2, 0.25) is 10.0 Å². The SMILES string of the molecule is CC[C@H](C(=O)NC(C)C)N(Cc1ccc(C)cc1)C(=O)CN(c1ccc(Cl)cc1Cl)S(C)(=O)=O. The molecule has 0 heterocycles. The Morgan fingerprint density at radius 2 is 1.68 bits per heavy atom. The number of nitrogens with zero attached hydrogens (tertiary/aromatic N) is 2. The Balaban J connectivity index is 2.46. The highest BCUT2D eigenvalue weighted by atomic mass is 35.5. The van der Waals surface area contributed by atoms with Gasteiger partial charge in [-0.25, -0.2) is 8.42 Å². The van der Waals surface area contributed by atoms with Gasteiger partial charge in [-0.1, -0.05) is 60.0 Å². The van der Waals surface area contributed by atoms with Crippen LogP contribution in [-0.4, -0.2) is 50.0 Å². The number of hydrogen-bond acceptors (Lipinski definition) is 4. The highest BCUT2D eigenvalue weighted by Gasteiger charge is 2.32. The van der Waals surface area contributed by atoms with Crippen molar-refractivity contribution >= 4 is 50.7 Å². The maximum Gasteiger partial charge on any atom is 0.244 e. The summed E-state index contributed by atoms with van der Waals surface area (Å²) in [5, 5.41) is 3.29. The largest absolute Gasteiger partial charge is 0.352 e. The van der Waals surface area contributed by atoms with Crippen LogP contribution in [0, 0.1) is 6.92 Å². The number of hydrogen-bond donors (Lipinski definition) is 1. The van der Waals surface area contributed by atoms with Crippen molar-refractivity contribution in [2.24, 2.45) is 0 Å². The smallest absolute Gasteiger partial charge is 0.244 e. The van der Waals surface area contributed by atoms with Gasteiger partial charge < -0.3 is 10.2 Å². The molecule has 0 aliphatic heterocycles. The van der Waals surface area contributed by atoms with Gasteiger partial charge in [0, 0.05) is 17.6 Å². The zero-order valence-electron chi connectivity index (χ0n) is 20.0. The number of carbonyl (C=O) groups excluding carboxylic acids is 2. The summed E-state index contributed by atoms with van der Waals surface area (Å²) < 4.78 is 26.2. The molecule has 0 radical (unpaired) electrons. The predicted molar refractivity (Wildman–Crippen MR) is 138 cm³/mol. The van der Waals surface area contributed by atoms with E-state index in [0.717, 1.165) is 21.7 Å². The van der Waals surface area contributed by atoms with E-state index in [9.17, 15) is 18.0 Å². The van der Waals surface area contributed by atoms with Crippen LogP contribution in [0.25, 0.3) is 0 Å². The molecule has 0 unspecified atom stereocenters. The summed E-state index contributed by atoms with van der Waals surface area (Å²) in [7, 11) is -3.87. The van der Waals surface area contributed by atoms with Gasteiger partial charge in [-0.2, -0.15) is 0 Å². The zero-order valence-corrected chi connectivity index (χ0v) is 22.3. The molecule has 7 nitrogen and oxygen atoms in total. The third-order valence-corrected chi connectivity index (χ3v) is 6.81. The monoisotopic (exact) mass is 527 g/mol. The van der Waals surface area contributed by atoms with Crippen LogP contribution in [0.1, 0.15) is 38.3 Å². The summed E-state index contributed by atoms with van der Waals surface area (Å²) >= 11 is 12.2. The quantitative estimate of drug-likeness (QED) is 0.495. The van der Waals surface area contributed by atoms with Gasteiger partial charge in [-0.05, 0) is 51.0 Å². The van der Waals surface area contributed by atoms with Crippen molar-refractivity contribution in [1.29, 1.82) is 0 Å². The maximum atomic E-state index is 13.6. The second kappa shape index (κ2) is 11.9. The minimum Gasteiger partial charge on any atom is -0.352 e. The van der Waals surface area contributed by atoms with Crippen LogP contribution in [0.5, 0.6) is 0 Å². The van der Waals surface area contributed by atoms with Crippen molar-refractivity contribution in [3.05, 3.63) is 63.6 Å². The second-order valence-electron chi connectivity index (χ2n) is 8.46. The van der Waals surface area contributed by atoms with Crippen molar-refractivity contribution in [3.8, 4) is 0 Å². The molecule has 0 saturated carbocycles. The number of anilines is 1. The summed E-state index contributed by atoms with van der Waals surface area (Å²) in [5.74, 6) is -0.823. The Bertz CT molecular complexity index is 1120. The molecule has 0 spiro atoms. The molecule has 1 N–H and O–H groups in total. The summed E-state index contributed by atoms with van der Waals surface area (Å²) in [6, 6.07) is 11.1. The van der Waals surface area contributed by atoms with Gasteiger partial charge in [0.2, 0.25) is 21.8 Å². The van der Waals surface area contributed by atoms with Crippen molar-refractivity contribution in [1.82, 2.24) is 10.2 Å². The van der Waals surface area contributed by atoms with Gasteiger partial charge >= 0.3 is 0 Å². The van der Waals surface area contributed by atoms with Crippen molar-refractivity contribution in [3.63, 3.8) is 0 Å². The summed E-state index contributed by atoms with van der Waals surface area (Å²) in [4.78, 5) is 28.0. The van der Waals surface area contributed by atoms with Crippen molar-refractivity contribution in [2.45, 2.75) is 52.7 Å². The lowest BCUT2D eigenvalue weighted by atomic mass is 10.1. The Labute approximate surface area is 212 Å². The highest BCUT2D eigenvalue weighted by molar-refractivity contribution is 7.92. The molecule has 2 aromatic rings. The first-order valence-corrected chi connectivity index (χ1v) is 13.5. The number of sulfonamides is 1. The predicted octanol–water partition coefficient (Wildman–Crippen LogP) is 4.40. The maximum absolute atomic E-state index is 13.6. The zero-order chi connectivity index (χ0) is 25.6. The van der Waals surface area contributed by atoms with Crippen LogP contribution in [0.15, 0.2) is 42.5 Å². The molecule has 10 heteroatoms. The number of aryl methyl sites for hydroxylation is 1. The Kier molecular flexibility index (Phi) is 9.79. The van der Waals surface area contributed by atoms with Crippen LogP contribution in [-0.2, 0) is 26.2 Å². The van der Waals surface area contributed by atoms with E-state index < -0.39 is 28.5 Å². The van der Waals surface area contributed by atoms with E-state index in [1.165, 1.54) is 23.1 Å². The lowest BCUT2D eigenvalue weighted by Crippen LogP contribution is -2.53. The molecule has 1 atom stereocenters. The van der Waals surface area contributed by atoms with Gasteiger partial charge in [0.15, 0.2) is 0 Å². The lowest BCUT2D eigenvalue weighted by molar-refractivity contribution is -0.140. The van der Waals surface area contributed by atoms with Crippen molar-refractivity contribution in [2.75, 3.05) is 17.1 Å². The fourth-order valence-electron chi connectivity index (χ4n) is 3.47. The molecule has 0 aliphatic carbocycles. The molecule has 0 aliphatic rings. The highest BCUT2D eigenvalue weighted by Crippen LogP contribution is 2.30. The molecule has 0 bridgehead atoms. The average molecular weight is 529 g/mol. The first-order chi connectivity index (χ1) is 15.8. The molecule has 2 amide bonds. The van der Waals surface area contributed by atoms with E-state index in [1.807, 2.05) is 52.0 Å². The Hall–Kier alpha value is -2.29. The number of amides is 2. The number of rotatable bonds is 10. The van der Waals surface area contributed by atoms with E-state index in [0.29, 0.717) is 11.4 Å². The van der Waals surface area contributed by atoms with E-state index in [1.54, 1.807) is 0 Å². The Morgan fingerprint density at radius 3 is 2.18 bits per heavy atom. The standard InChI is InChI=1S/C24H31Cl2N3O4S/c1-6-21(24(31)27-16(2)3)28(14-18-9-7-17(4)8-10-18)23(30)15-29(34(5,32)33)22-12-11-19(25)13-20(22)26/h7-13,16,21H,6,14-15H2,1-5H3,(H,27,31)/t21-/m1/s1. The minimum atomic E-state index is -3.87. The Morgan fingerprint density at radius 1 is 1.06 bits per heavy atom. The van der Waals surface area contributed by atoms with E-state index in [2.05, 4.69) is 5.32 Å². The molecule has 2 rings (SSSR count). The lowest BCUT2D eigenvalue weighted by Gasteiger charge is -2.33. The van der Waals surface area contributed by atoms with E-state index in [4.69, 9.17) is 23.2 Å². The summed E-state index contributed by atoms with van der Waals surface area (Å²) in [6.07, 6.45) is 1.36. The van der Waals surface area contributed by atoms with Crippen LogP contribution in [0.3, 0.4) is 0 Å². The van der Waals surface area contributed by atoms with Gasteiger partial charge in [0.25, 0.3) is 0 Å². The average Bonchev–Trinajstić information content (AvgIpc) is 2.72. The van der Waals surface area contributed by atoms with Crippen LogP contribution in [0.4, 0.5) is 5.69 Å². The van der Waals surface area contributed by atoms with E-state index >= 15 is 0 Å². The van der Waals surface area contributed by atoms with Crippen LogP contribution < -0.4 is 9.62 Å². The molecule has 2 aromatic carbocycles. The fraction of sp³-hybridized carbons (Fsp3) is 0.417. The molecular formula is C24H31Cl2N3O4S. The number of halogens is 2. The van der Waals surface area contributed by atoms with Crippen LogP contribution >= 0.6 is 23.2 Å².